The second-order valence-corrected chi connectivity index (χ2v) is 9.60. The molecule has 0 radical (unpaired) electrons. The zero-order chi connectivity index (χ0) is 23.4. The Morgan fingerprint density at radius 2 is 1.91 bits per heavy atom. The summed E-state index contributed by atoms with van der Waals surface area (Å²) in [4.78, 5) is 11.8. The molecule has 3 N–H and O–H groups in total. The monoisotopic (exact) mass is 463 g/mol. The summed E-state index contributed by atoms with van der Waals surface area (Å²) in [6.07, 6.45) is 4.45. The number of rotatable bonds is 4. The van der Waals surface area contributed by atoms with Crippen molar-refractivity contribution in [2.75, 3.05) is 13.2 Å². The highest BCUT2D eigenvalue weighted by Gasteiger charge is 2.46. The van der Waals surface area contributed by atoms with Gasteiger partial charge in [-0.2, -0.15) is 5.10 Å². The van der Waals surface area contributed by atoms with Gasteiger partial charge in [0.25, 0.3) is 0 Å². The molecule has 2 aromatic carbocycles. The van der Waals surface area contributed by atoms with Crippen LogP contribution in [0.1, 0.15) is 55.2 Å². The van der Waals surface area contributed by atoms with Crippen molar-refractivity contribution >= 4 is 27.8 Å². The number of carboxylic acid groups (broad SMARTS) is 1. The van der Waals surface area contributed by atoms with Gasteiger partial charge in [-0.3, -0.25) is 5.10 Å². The average Bonchev–Trinajstić information content (AvgIpc) is 3.54. The molecule has 7 nitrogen and oxygen atoms in total. The van der Waals surface area contributed by atoms with E-state index < -0.39 is 11.6 Å². The fourth-order valence-corrected chi connectivity index (χ4v) is 5.90. The Hall–Kier alpha value is -3.23. The van der Waals surface area contributed by atoms with Crippen LogP contribution in [0.5, 0.6) is 0 Å². The van der Waals surface area contributed by atoms with Gasteiger partial charge in [-0.15, -0.1) is 0 Å². The number of fused-ring (bicyclic) bond motifs is 2. The van der Waals surface area contributed by atoms with E-state index in [-0.39, 0.29) is 30.5 Å². The fraction of sp³-hybridized carbons (Fsp3) is 0.385. The quantitative estimate of drug-likeness (QED) is 0.410. The molecular weight excluding hydrogens is 437 g/mol. The maximum atomic E-state index is 13.8. The van der Waals surface area contributed by atoms with Crippen molar-refractivity contribution in [3.63, 3.8) is 0 Å². The molecule has 1 saturated heterocycles. The van der Waals surface area contributed by atoms with Crippen LogP contribution in [0.15, 0.2) is 42.6 Å². The molecule has 2 fully saturated rings. The van der Waals surface area contributed by atoms with Crippen LogP contribution in [0.25, 0.3) is 27.5 Å². The number of aromatic amines is 1. The number of hydrogen-bond donors (Lipinski definition) is 3. The first-order valence-electron chi connectivity index (χ1n) is 11.8. The van der Waals surface area contributed by atoms with Gasteiger partial charge in [-0.25, -0.2) is 9.18 Å². The molecule has 6 rings (SSSR count). The Labute approximate surface area is 195 Å². The van der Waals surface area contributed by atoms with Crippen molar-refractivity contribution in [1.82, 2.24) is 14.8 Å². The highest BCUT2D eigenvalue weighted by atomic mass is 19.1. The lowest BCUT2D eigenvalue weighted by Gasteiger charge is -2.27. The molecule has 0 spiro atoms. The minimum Gasteiger partial charge on any atom is -0.479 e. The molecule has 2 aromatic heterocycles. The molecule has 176 valence electrons. The van der Waals surface area contributed by atoms with E-state index in [9.17, 15) is 19.4 Å². The Balaban J connectivity index is 1.65. The maximum absolute atomic E-state index is 13.8. The fourth-order valence-electron chi connectivity index (χ4n) is 5.90. The number of ether oxygens (including phenoxy) is 1. The summed E-state index contributed by atoms with van der Waals surface area (Å²) in [5, 5.41) is 29.7. The summed E-state index contributed by atoms with van der Waals surface area (Å²) in [5.74, 6) is -1.37. The molecule has 1 aliphatic heterocycles. The van der Waals surface area contributed by atoms with Gasteiger partial charge in [0.1, 0.15) is 5.82 Å². The first-order chi connectivity index (χ1) is 16.4. The predicted molar refractivity (Wildman–Crippen MR) is 125 cm³/mol. The van der Waals surface area contributed by atoms with Crippen molar-refractivity contribution in [3.05, 3.63) is 59.7 Å². The number of benzene rings is 2. The number of aromatic nitrogens is 3. The molecule has 8 heteroatoms. The number of halogens is 1. The summed E-state index contributed by atoms with van der Waals surface area (Å²) in [5.41, 5.74) is 3.20. The van der Waals surface area contributed by atoms with E-state index >= 15 is 0 Å². The number of nitrogens with one attached hydrogen (secondary N) is 1. The zero-order valence-corrected chi connectivity index (χ0v) is 18.6. The topological polar surface area (TPSA) is 100 Å². The van der Waals surface area contributed by atoms with Crippen molar-refractivity contribution in [2.45, 2.75) is 49.5 Å². The molecule has 4 aromatic rings. The van der Waals surface area contributed by atoms with Gasteiger partial charge in [0.15, 0.2) is 5.60 Å². The smallest absolute Gasteiger partial charge is 0.335 e. The second kappa shape index (κ2) is 7.92. The van der Waals surface area contributed by atoms with Crippen molar-refractivity contribution in [3.8, 4) is 5.69 Å². The number of nitrogens with zero attached hydrogens (tertiary/aromatic N) is 2. The van der Waals surface area contributed by atoms with E-state index in [0.29, 0.717) is 19.6 Å². The molecule has 2 atom stereocenters. The Morgan fingerprint density at radius 3 is 2.62 bits per heavy atom. The minimum atomic E-state index is -1.72. The molecule has 2 aliphatic rings. The number of carboxylic acids is 1. The molecule has 1 aliphatic carbocycles. The Kier molecular flexibility index (Phi) is 4.97. The zero-order valence-electron chi connectivity index (χ0n) is 18.6. The van der Waals surface area contributed by atoms with Crippen LogP contribution >= 0.6 is 0 Å². The van der Waals surface area contributed by atoms with E-state index in [1.54, 1.807) is 18.3 Å². The van der Waals surface area contributed by atoms with Gasteiger partial charge in [0, 0.05) is 41.3 Å². The Morgan fingerprint density at radius 1 is 1.15 bits per heavy atom. The minimum absolute atomic E-state index is 0.108. The first kappa shape index (κ1) is 21.3. The third-order valence-electron chi connectivity index (χ3n) is 7.59. The van der Waals surface area contributed by atoms with Crippen LogP contribution in [0.3, 0.4) is 0 Å². The SMILES string of the molecule is O=C(O)[C@]1(O)CC[C@@H](c2c(C3CCOCC3)n(-c3ccc(F)cc3)c3cc4cn[nH]c4cc23)C1. The number of hydrogen-bond acceptors (Lipinski definition) is 4. The molecule has 34 heavy (non-hydrogen) atoms. The van der Waals surface area contributed by atoms with E-state index in [4.69, 9.17) is 4.74 Å². The van der Waals surface area contributed by atoms with Gasteiger partial charge in [-0.1, -0.05) is 0 Å². The lowest BCUT2D eigenvalue weighted by molar-refractivity contribution is -0.157. The molecule has 3 heterocycles. The van der Waals surface area contributed by atoms with Crippen molar-refractivity contribution in [2.24, 2.45) is 0 Å². The molecule has 1 saturated carbocycles. The first-order valence-corrected chi connectivity index (χ1v) is 11.8. The summed E-state index contributed by atoms with van der Waals surface area (Å²) in [6.45, 7) is 1.31. The molecule has 0 bridgehead atoms. The van der Waals surface area contributed by atoms with Crippen LogP contribution in [0, 0.1) is 5.82 Å². The van der Waals surface area contributed by atoms with Gasteiger partial charge in [-0.05, 0) is 80.0 Å². The van der Waals surface area contributed by atoms with Gasteiger partial charge < -0.3 is 19.5 Å². The highest BCUT2D eigenvalue weighted by molar-refractivity contribution is 5.99. The third kappa shape index (κ3) is 3.32. The predicted octanol–water partition coefficient (Wildman–Crippen LogP) is 4.62. The van der Waals surface area contributed by atoms with E-state index in [2.05, 4.69) is 26.9 Å². The van der Waals surface area contributed by atoms with Crippen LogP contribution in [-0.2, 0) is 9.53 Å². The van der Waals surface area contributed by atoms with E-state index in [1.807, 2.05) is 0 Å². The summed E-state index contributed by atoms with van der Waals surface area (Å²) >= 11 is 0. The van der Waals surface area contributed by atoms with E-state index in [1.165, 1.54) is 12.1 Å². The average molecular weight is 464 g/mol. The number of aliphatic hydroxyl groups is 1. The largest absolute Gasteiger partial charge is 0.479 e. The summed E-state index contributed by atoms with van der Waals surface area (Å²) < 4.78 is 21.7. The van der Waals surface area contributed by atoms with Crippen LogP contribution < -0.4 is 0 Å². The van der Waals surface area contributed by atoms with Crippen LogP contribution in [-0.4, -0.2) is 49.8 Å². The maximum Gasteiger partial charge on any atom is 0.335 e. The van der Waals surface area contributed by atoms with E-state index in [0.717, 1.165) is 51.6 Å². The lowest BCUT2D eigenvalue weighted by Crippen LogP contribution is -2.35. The normalized spacial score (nSPS) is 23.8. The summed E-state index contributed by atoms with van der Waals surface area (Å²) in [6, 6.07) is 10.6. The standard InChI is InChI=1S/C26H26FN3O4/c27-18-1-3-19(4-2-18)30-22-11-17-14-28-29-21(17)12-20(22)23(24(30)15-6-9-34-10-7-15)16-5-8-26(33,13-16)25(31)32/h1-4,11-12,14-16,33H,5-10,13H2,(H,28,29)(H,31,32)/t16-,26+/m1/s1. The lowest BCUT2D eigenvalue weighted by atomic mass is 9.85. The Bertz CT molecular complexity index is 1390. The molecule has 0 unspecified atom stereocenters. The third-order valence-corrected chi connectivity index (χ3v) is 7.59. The van der Waals surface area contributed by atoms with Crippen LogP contribution in [0.4, 0.5) is 4.39 Å². The van der Waals surface area contributed by atoms with Crippen molar-refractivity contribution < 1.29 is 24.1 Å². The summed E-state index contributed by atoms with van der Waals surface area (Å²) in [7, 11) is 0. The van der Waals surface area contributed by atoms with Crippen LogP contribution in [0.2, 0.25) is 0 Å². The number of H-pyrrole nitrogens is 1. The van der Waals surface area contributed by atoms with Crippen molar-refractivity contribution in [1.29, 1.82) is 0 Å². The molecule has 0 amide bonds. The van der Waals surface area contributed by atoms with Gasteiger partial charge >= 0.3 is 5.97 Å². The number of carbonyl (C=O) groups is 1. The number of aliphatic carboxylic acids is 1. The highest BCUT2D eigenvalue weighted by Crippen LogP contribution is 2.49. The van der Waals surface area contributed by atoms with Gasteiger partial charge in [0.2, 0.25) is 0 Å². The second-order valence-electron chi connectivity index (χ2n) is 9.60. The molecular formula is C26H26FN3O4. The van der Waals surface area contributed by atoms with Gasteiger partial charge in [0.05, 0.1) is 17.2 Å².